The molecular weight excluding hydrogens is 307 g/mol. The maximum Gasteiger partial charge on any atom is 0.295 e. The van der Waals surface area contributed by atoms with E-state index in [0.717, 1.165) is 6.07 Å². The minimum Gasteiger partial charge on any atom is -0.394 e. The first kappa shape index (κ1) is 14.8. The van der Waals surface area contributed by atoms with Crippen molar-refractivity contribution < 1.29 is 14.4 Å². The molecule has 0 radical (unpaired) electrons. The summed E-state index contributed by atoms with van der Waals surface area (Å²) in [4.78, 5) is 10.2. The molecule has 0 aliphatic carbocycles. The predicted molar refractivity (Wildman–Crippen MR) is 70.1 cm³/mol. The Bertz CT molecular complexity index is 454. The molecule has 0 aromatic heterocycles. The van der Waals surface area contributed by atoms with Crippen molar-refractivity contribution in [3.8, 4) is 0 Å². The van der Waals surface area contributed by atoms with Gasteiger partial charge in [0.15, 0.2) is 0 Å². The molecule has 0 amide bonds. The van der Waals surface area contributed by atoms with Gasteiger partial charge in [-0.2, -0.15) is 0 Å². The van der Waals surface area contributed by atoms with Crippen molar-refractivity contribution in [3.63, 3.8) is 0 Å². The molecule has 0 heterocycles. The molecule has 18 heavy (non-hydrogen) atoms. The Morgan fingerprint density at radius 2 is 2.17 bits per heavy atom. The number of hydrogen-bond donors (Lipinski definition) is 2. The van der Waals surface area contributed by atoms with E-state index in [9.17, 15) is 19.6 Å². The summed E-state index contributed by atoms with van der Waals surface area (Å²) in [6.45, 7) is 3.58. The minimum atomic E-state index is -0.697. The largest absolute Gasteiger partial charge is 0.394 e. The van der Waals surface area contributed by atoms with E-state index in [4.69, 9.17) is 0 Å². The van der Waals surface area contributed by atoms with E-state index in [0.29, 0.717) is 0 Å². The van der Waals surface area contributed by atoms with Crippen LogP contribution in [0.1, 0.15) is 13.8 Å². The molecule has 0 spiro atoms. The standard InChI is InChI=1S/C11H14BrFN2O3/c1-6(2)10(5-16)14-9-3-7(12)8(13)4-11(9)15(17)18/h3-4,6,10,14,16H,5H2,1-2H3. The molecule has 1 aromatic carbocycles. The molecule has 1 aromatic rings. The lowest BCUT2D eigenvalue weighted by molar-refractivity contribution is -0.384. The van der Waals surface area contributed by atoms with Gasteiger partial charge in [-0.3, -0.25) is 10.1 Å². The van der Waals surface area contributed by atoms with Gasteiger partial charge in [-0.25, -0.2) is 4.39 Å². The molecule has 1 atom stereocenters. The SMILES string of the molecule is CC(C)C(CO)Nc1cc(Br)c(F)cc1[N+](=O)[O-]. The number of benzene rings is 1. The Kier molecular flexibility index (Phi) is 5.03. The van der Waals surface area contributed by atoms with Gasteiger partial charge in [0, 0.05) is 0 Å². The highest BCUT2D eigenvalue weighted by atomic mass is 79.9. The normalized spacial score (nSPS) is 12.6. The fraction of sp³-hybridized carbons (Fsp3) is 0.455. The van der Waals surface area contributed by atoms with E-state index in [1.807, 2.05) is 13.8 Å². The topological polar surface area (TPSA) is 75.4 Å². The van der Waals surface area contributed by atoms with Gasteiger partial charge in [0.2, 0.25) is 0 Å². The third kappa shape index (κ3) is 3.39. The van der Waals surface area contributed by atoms with Gasteiger partial charge >= 0.3 is 0 Å². The summed E-state index contributed by atoms with van der Waals surface area (Å²) in [5.41, 5.74) is -0.171. The number of rotatable bonds is 5. The van der Waals surface area contributed by atoms with E-state index in [1.54, 1.807) is 0 Å². The molecule has 7 heteroatoms. The number of nitrogens with zero attached hydrogens (tertiary/aromatic N) is 1. The molecule has 0 saturated carbocycles. The third-order valence-electron chi connectivity index (χ3n) is 2.58. The van der Waals surface area contributed by atoms with Crippen molar-refractivity contribution in [1.29, 1.82) is 0 Å². The molecule has 0 aliphatic rings. The van der Waals surface area contributed by atoms with E-state index >= 15 is 0 Å². The second-order valence-electron chi connectivity index (χ2n) is 4.22. The summed E-state index contributed by atoms with van der Waals surface area (Å²) in [5, 5.41) is 22.9. The van der Waals surface area contributed by atoms with Gasteiger partial charge < -0.3 is 10.4 Å². The van der Waals surface area contributed by atoms with Crippen LogP contribution >= 0.6 is 15.9 Å². The Balaban J connectivity index is 3.14. The van der Waals surface area contributed by atoms with Crippen LogP contribution in [0.5, 0.6) is 0 Å². The highest BCUT2D eigenvalue weighted by Gasteiger charge is 2.21. The number of aliphatic hydroxyl groups excluding tert-OH is 1. The third-order valence-corrected chi connectivity index (χ3v) is 3.19. The van der Waals surface area contributed by atoms with Crippen LogP contribution in [0.25, 0.3) is 0 Å². The van der Waals surface area contributed by atoms with Crippen molar-refractivity contribution >= 4 is 27.3 Å². The van der Waals surface area contributed by atoms with Gasteiger partial charge in [-0.05, 0) is 27.9 Å². The van der Waals surface area contributed by atoms with Crippen LogP contribution in [0.15, 0.2) is 16.6 Å². The Morgan fingerprint density at radius 3 is 2.61 bits per heavy atom. The quantitative estimate of drug-likeness (QED) is 0.646. The molecule has 1 rings (SSSR count). The van der Waals surface area contributed by atoms with Crippen LogP contribution in [-0.2, 0) is 0 Å². The lowest BCUT2D eigenvalue weighted by Crippen LogP contribution is -2.29. The fourth-order valence-corrected chi connectivity index (χ4v) is 1.77. The summed E-state index contributed by atoms with van der Waals surface area (Å²) < 4.78 is 13.4. The fourth-order valence-electron chi connectivity index (χ4n) is 1.43. The Labute approximate surface area is 112 Å². The molecule has 1 unspecified atom stereocenters. The van der Waals surface area contributed by atoms with Gasteiger partial charge in [0.1, 0.15) is 11.5 Å². The molecule has 2 N–H and O–H groups in total. The summed E-state index contributed by atoms with van der Waals surface area (Å²) >= 11 is 2.98. The van der Waals surface area contributed by atoms with Crippen molar-refractivity contribution in [2.45, 2.75) is 19.9 Å². The average molecular weight is 321 g/mol. The minimum absolute atomic E-state index is 0.0819. The van der Waals surface area contributed by atoms with E-state index in [1.165, 1.54) is 6.07 Å². The average Bonchev–Trinajstić information content (AvgIpc) is 2.29. The molecule has 100 valence electrons. The number of nitro benzene ring substituents is 1. The lowest BCUT2D eigenvalue weighted by atomic mass is 10.0. The number of hydrogen-bond acceptors (Lipinski definition) is 4. The van der Waals surface area contributed by atoms with Crippen molar-refractivity contribution in [2.75, 3.05) is 11.9 Å². The van der Waals surface area contributed by atoms with Crippen LogP contribution in [0.3, 0.4) is 0 Å². The molecule has 0 saturated heterocycles. The maximum atomic E-state index is 13.3. The Hall–Kier alpha value is -1.21. The first-order chi connectivity index (χ1) is 8.36. The number of nitrogens with one attached hydrogen (secondary N) is 1. The summed E-state index contributed by atoms with van der Waals surface area (Å²) in [6.07, 6.45) is 0. The maximum absolute atomic E-state index is 13.3. The van der Waals surface area contributed by atoms with Crippen LogP contribution < -0.4 is 5.32 Å². The molecule has 0 aliphatic heterocycles. The second-order valence-corrected chi connectivity index (χ2v) is 5.07. The molecular formula is C11H14BrFN2O3. The van der Waals surface area contributed by atoms with Crippen LogP contribution in [0.4, 0.5) is 15.8 Å². The first-order valence-corrected chi connectivity index (χ1v) is 6.17. The van der Waals surface area contributed by atoms with Crippen molar-refractivity contribution in [2.24, 2.45) is 5.92 Å². The first-order valence-electron chi connectivity index (χ1n) is 5.37. The molecule has 0 fully saturated rings. The highest BCUT2D eigenvalue weighted by Crippen LogP contribution is 2.31. The Morgan fingerprint density at radius 1 is 1.56 bits per heavy atom. The summed E-state index contributed by atoms with van der Waals surface area (Å²) in [6, 6.07) is 1.82. The zero-order chi connectivity index (χ0) is 13.9. The van der Waals surface area contributed by atoms with Crippen LogP contribution in [0, 0.1) is 21.8 Å². The van der Waals surface area contributed by atoms with Crippen LogP contribution in [-0.4, -0.2) is 22.7 Å². The predicted octanol–water partition coefficient (Wildman–Crippen LogP) is 2.93. The number of halogens is 2. The van der Waals surface area contributed by atoms with Crippen molar-refractivity contribution in [1.82, 2.24) is 0 Å². The monoisotopic (exact) mass is 320 g/mol. The highest BCUT2D eigenvalue weighted by molar-refractivity contribution is 9.10. The van der Waals surface area contributed by atoms with Gasteiger partial charge in [-0.15, -0.1) is 0 Å². The summed E-state index contributed by atoms with van der Waals surface area (Å²) in [5.74, 6) is -0.615. The van der Waals surface area contributed by atoms with Crippen molar-refractivity contribution in [3.05, 3.63) is 32.5 Å². The smallest absolute Gasteiger partial charge is 0.295 e. The van der Waals surface area contributed by atoms with Gasteiger partial charge in [-0.1, -0.05) is 13.8 Å². The van der Waals surface area contributed by atoms with E-state index in [2.05, 4.69) is 21.2 Å². The van der Waals surface area contributed by atoms with Gasteiger partial charge in [0.25, 0.3) is 5.69 Å². The number of nitro groups is 1. The number of anilines is 1. The van der Waals surface area contributed by atoms with E-state index in [-0.39, 0.29) is 34.4 Å². The second kappa shape index (κ2) is 6.10. The van der Waals surface area contributed by atoms with Gasteiger partial charge in [0.05, 0.1) is 28.1 Å². The zero-order valence-electron chi connectivity index (χ0n) is 9.98. The number of aliphatic hydroxyl groups is 1. The lowest BCUT2D eigenvalue weighted by Gasteiger charge is -2.21. The van der Waals surface area contributed by atoms with E-state index < -0.39 is 10.7 Å². The molecule has 5 nitrogen and oxygen atoms in total. The summed E-state index contributed by atoms with van der Waals surface area (Å²) in [7, 11) is 0. The zero-order valence-corrected chi connectivity index (χ0v) is 11.6. The van der Waals surface area contributed by atoms with Crippen LogP contribution in [0.2, 0.25) is 0 Å². The molecule has 0 bridgehead atoms.